The molecule has 0 N–H and O–H groups in total. The molecule has 0 aliphatic heterocycles. The van der Waals surface area contributed by atoms with Gasteiger partial charge in [0.25, 0.3) is 5.88 Å². The van der Waals surface area contributed by atoms with Gasteiger partial charge >= 0.3 is 0 Å². The maximum absolute atomic E-state index is 5.61. The van der Waals surface area contributed by atoms with E-state index >= 15 is 0 Å². The highest BCUT2D eigenvalue weighted by molar-refractivity contribution is 6.99. The van der Waals surface area contributed by atoms with E-state index in [1.807, 2.05) is 42.2 Å². The molecule has 0 saturated carbocycles. The number of hydrogen-bond donors (Lipinski definition) is 0. The van der Waals surface area contributed by atoms with Crippen LogP contribution in [0.3, 0.4) is 0 Å². The Morgan fingerprint density at radius 3 is 2.95 bits per heavy atom. The zero-order valence-corrected chi connectivity index (χ0v) is 13.9. The first-order valence-electron chi connectivity index (χ1n) is 5.87. The summed E-state index contributed by atoms with van der Waals surface area (Å²) in [4.78, 5) is 0. The van der Waals surface area contributed by atoms with Crippen LogP contribution in [0.1, 0.15) is 13.3 Å². The van der Waals surface area contributed by atoms with E-state index in [2.05, 4.69) is 21.7 Å². The molecular formula is C13H16IN3OS. The summed E-state index contributed by atoms with van der Waals surface area (Å²) in [6, 6.07) is 3.99. The van der Waals surface area contributed by atoms with Crippen molar-refractivity contribution in [1.29, 1.82) is 0 Å². The van der Waals surface area contributed by atoms with Gasteiger partial charge < -0.3 is 28.7 Å². The predicted molar refractivity (Wildman–Crippen MR) is 71.4 cm³/mol. The van der Waals surface area contributed by atoms with Gasteiger partial charge in [-0.3, -0.25) is 0 Å². The molecule has 0 atom stereocenters. The Morgan fingerprint density at radius 1 is 1.37 bits per heavy atom. The summed E-state index contributed by atoms with van der Waals surface area (Å²) in [5, 5.41) is 0. The molecule has 2 aromatic heterocycles. The van der Waals surface area contributed by atoms with Gasteiger partial charge in [0.15, 0.2) is 18.1 Å². The summed E-state index contributed by atoms with van der Waals surface area (Å²) in [6.45, 7) is 2.63. The molecule has 0 fully saturated rings. The van der Waals surface area contributed by atoms with Crippen molar-refractivity contribution in [2.24, 2.45) is 7.05 Å². The van der Waals surface area contributed by atoms with Crippen LogP contribution < -0.4 is 33.3 Å². The summed E-state index contributed by atoms with van der Waals surface area (Å²) in [5.41, 5.74) is 1.82. The van der Waals surface area contributed by atoms with Crippen molar-refractivity contribution in [3.63, 3.8) is 0 Å². The lowest BCUT2D eigenvalue weighted by atomic mass is 10.2. The van der Waals surface area contributed by atoms with E-state index in [0.29, 0.717) is 12.5 Å². The molecule has 0 radical (unpaired) electrons. The monoisotopic (exact) mass is 389 g/mol. The van der Waals surface area contributed by atoms with Crippen molar-refractivity contribution in [1.82, 2.24) is 8.75 Å². The highest BCUT2D eigenvalue weighted by Crippen LogP contribution is 2.26. The zero-order valence-electron chi connectivity index (χ0n) is 10.9. The van der Waals surface area contributed by atoms with Gasteiger partial charge in [0.2, 0.25) is 0 Å². The Balaban J connectivity index is 0.00000180. The average molecular weight is 389 g/mol. The van der Waals surface area contributed by atoms with Crippen LogP contribution in [0.5, 0.6) is 5.88 Å². The van der Waals surface area contributed by atoms with Gasteiger partial charge in [0.1, 0.15) is 13.7 Å². The van der Waals surface area contributed by atoms with Gasteiger partial charge in [0, 0.05) is 6.07 Å². The largest absolute Gasteiger partial charge is 1.00 e. The first-order valence-corrected chi connectivity index (χ1v) is 6.60. The van der Waals surface area contributed by atoms with E-state index in [4.69, 9.17) is 4.74 Å². The number of ether oxygens (including phenoxy) is 1. The number of hydrogen-bond acceptors (Lipinski definition) is 4. The molecule has 19 heavy (non-hydrogen) atoms. The summed E-state index contributed by atoms with van der Waals surface area (Å²) in [7, 11) is 1.98. The van der Waals surface area contributed by atoms with Gasteiger partial charge in [-0.05, 0) is 12.5 Å². The minimum absolute atomic E-state index is 0. The molecule has 0 bridgehead atoms. The maximum atomic E-state index is 5.61. The number of allylic oxidation sites excluding steroid dienone is 1. The van der Waals surface area contributed by atoms with E-state index in [1.54, 1.807) is 0 Å². The topological polar surface area (TPSA) is 38.9 Å². The molecule has 2 heterocycles. The summed E-state index contributed by atoms with van der Waals surface area (Å²) in [6.07, 6.45) is 9.06. The lowest BCUT2D eigenvalue weighted by molar-refractivity contribution is -0.671. The van der Waals surface area contributed by atoms with Crippen LogP contribution in [0.2, 0.25) is 0 Å². The minimum Gasteiger partial charge on any atom is -1.00 e. The number of pyridine rings is 1. The Labute approximate surface area is 134 Å². The minimum atomic E-state index is 0. The second kappa shape index (κ2) is 8.21. The highest BCUT2D eigenvalue weighted by Gasteiger charge is 2.13. The predicted octanol–water partition coefficient (Wildman–Crippen LogP) is -0.621. The van der Waals surface area contributed by atoms with Crippen molar-refractivity contribution in [2.75, 3.05) is 6.61 Å². The third-order valence-corrected chi connectivity index (χ3v) is 2.90. The highest BCUT2D eigenvalue weighted by atomic mass is 127. The van der Waals surface area contributed by atoms with Crippen LogP contribution in [0.15, 0.2) is 36.7 Å². The van der Waals surface area contributed by atoms with Crippen LogP contribution in [-0.2, 0) is 7.05 Å². The van der Waals surface area contributed by atoms with Crippen LogP contribution in [0.4, 0.5) is 0 Å². The van der Waals surface area contributed by atoms with Crippen LogP contribution in [-0.4, -0.2) is 15.4 Å². The van der Waals surface area contributed by atoms with Crippen molar-refractivity contribution in [3.05, 3.63) is 36.7 Å². The molecule has 6 heteroatoms. The molecule has 0 aliphatic rings. The van der Waals surface area contributed by atoms with Crippen molar-refractivity contribution < 1.29 is 33.3 Å². The molecule has 0 saturated heterocycles. The number of halogens is 1. The van der Waals surface area contributed by atoms with Crippen molar-refractivity contribution >= 4 is 11.7 Å². The van der Waals surface area contributed by atoms with E-state index in [-0.39, 0.29) is 24.0 Å². The third-order valence-electron chi connectivity index (χ3n) is 2.39. The molecular weight excluding hydrogens is 373 g/mol. The third kappa shape index (κ3) is 4.54. The lowest BCUT2D eigenvalue weighted by Crippen LogP contribution is -3.00. The van der Waals surface area contributed by atoms with E-state index in [1.165, 1.54) is 11.7 Å². The molecule has 2 aromatic rings. The van der Waals surface area contributed by atoms with E-state index in [9.17, 15) is 0 Å². The fraction of sp³-hybridized carbons (Fsp3) is 0.308. The lowest BCUT2D eigenvalue weighted by Gasteiger charge is -2.01. The Kier molecular flexibility index (Phi) is 6.93. The van der Waals surface area contributed by atoms with E-state index < -0.39 is 0 Å². The second-order valence-electron chi connectivity index (χ2n) is 3.87. The zero-order chi connectivity index (χ0) is 12.8. The SMILES string of the molecule is CCC=CCOc1nsnc1-c1ccc[n+](C)c1.[I-]. The summed E-state index contributed by atoms with van der Waals surface area (Å²) >= 11 is 1.17. The van der Waals surface area contributed by atoms with Crippen LogP contribution in [0, 0.1) is 0 Å². The smallest absolute Gasteiger partial charge is 0.254 e. The second-order valence-corrected chi connectivity index (χ2v) is 4.40. The van der Waals surface area contributed by atoms with E-state index in [0.717, 1.165) is 17.7 Å². The van der Waals surface area contributed by atoms with Gasteiger partial charge in [-0.25, -0.2) is 4.57 Å². The quantitative estimate of drug-likeness (QED) is 0.389. The van der Waals surface area contributed by atoms with Crippen LogP contribution in [0.25, 0.3) is 11.3 Å². The number of rotatable bonds is 5. The maximum Gasteiger partial charge on any atom is 0.254 e. The molecule has 0 aromatic carbocycles. The Hall–Kier alpha value is -1.02. The number of aryl methyl sites for hydroxylation is 1. The molecule has 0 spiro atoms. The molecule has 2 rings (SSSR count). The molecule has 102 valence electrons. The molecule has 0 amide bonds. The van der Waals surface area contributed by atoms with Gasteiger partial charge in [-0.1, -0.05) is 19.1 Å². The van der Waals surface area contributed by atoms with Crippen molar-refractivity contribution in [3.8, 4) is 17.1 Å². The summed E-state index contributed by atoms with van der Waals surface area (Å²) in [5.74, 6) is 0.604. The normalized spacial score (nSPS) is 10.4. The molecule has 4 nitrogen and oxygen atoms in total. The average Bonchev–Trinajstić information content (AvgIpc) is 2.83. The number of aromatic nitrogens is 3. The molecule has 0 unspecified atom stereocenters. The van der Waals surface area contributed by atoms with Gasteiger partial charge in [-0.2, -0.15) is 4.37 Å². The van der Waals surface area contributed by atoms with Crippen molar-refractivity contribution in [2.45, 2.75) is 13.3 Å². The standard InChI is InChI=1S/C13H16N3OS.HI/c1-3-4-5-9-17-13-12(14-18-15-13)11-7-6-8-16(2)10-11;/h4-8,10H,3,9H2,1-2H3;1H/q+1;/p-1. The fourth-order valence-corrected chi connectivity index (χ4v) is 2.06. The summed E-state index contributed by atoms with van der Waals surface area (Å²) < 4.78 is 16.1. The van der Waals surface area contributed by atoms with Crippen LogP contribution >= 0.6 is 11.7 Å². The molecule has 0 aliphatic carbocycles. The Morgan fingerprint density at radius 2 is 2.21 bits per heavy atom. The van der Waals surface area contributed by atoms with Gasteiger partial charge in [-0.15, -0.1) is 4.37 Å². The number of nitrogens with zero attached hydrogens (tertiary/aromatic N) is 3. The first kappa shape index (κ1) is 16.0. The van der Waals surface area contributed by atoms with Gasteiger partial charge in [0.05, 0.1) is 17.3 Å². The Bertz CT molecular complexity index is 542. The fourth-order valence-electron chi connectivity index (χ4n) is 1.54. The first-order chi connectivity index (χ1) is 8.81.